The number of fused-ring (bicyclic) bond motifs is 2. The minimum atomic E-state index is -0.754. The third-order valence-corrected chi connectivity index (χ3v) is 3.57. The number of carbonyl (C=O) groups is 2. The molecule has 1 amide bonds. The summed E-state index contributed by atoms with van der Waals surface area (Å²) in [5.41, 5.74) is 0. The number of hydrogen-bond donors (Lipinski definition) is 2. The summed E-state index contributed by atoms with van der Waals surface area (Å²) in [7, 11) is 0. The maximum atomic E-state index is 11.0. The van der Waals surface area contributed by atoms with Gasteiger partial charge in [-0.3, -0.25) is 9.59 Å². The molecule has 0 spiro atoms. The Hall–Kier alpha value is -1.06. The van der Waals surface area contributed by atoms with E-state index in [0.717, 1.165) is 19.3 Å². The van der Waals surface area contributed by atoms with E-state index in [1.807, 2.05) is 0 Å². The van der Waals surface area contributed by atoms with Crippen molar-refractivity contribution < 1.29 is 14.7 Å². The van der Waals surface area contributed by atoms with Gasteiger partial charge >= 0.3 is 5.97 Å². The van der Waals surface area contributed by atoms with Crippen molar-refractivity contribution in [2.24, 2.45) is 17.8 Å². The Balaban J connectivity index is 2.13. The molecule has 0 aromatic carbocycles. The minimum absolute atomic E-state index is 0.117. The van der Waals surface area contributed by atoms with Crippen molar-refractivity contribution in [1.82, 2.24) is 5.32 Å². The van der Waals surface area contributed by atoms with Gasteiger partial charge in [-0.05, 0) is 31.1 Å². The molecule has 4 nitrogen and oxygen atoms in total. The van der Waals surface area contributed by atoms with E-state index in [-0.39, 0.29) is 23.8 Å². The number of hydrogen-bond acceptors (Lipinski definition) is 2. The van der Waals surface area contributed by atoms with E-state index in [1.165, 1.54) is 6.92 Å². The standard InChI is InChI=1S/C10H15NO3/c1-5(12)11-9-7-3-2-6(4-7)8(9)10(13)14/h6-9H,2-4H2,1H3,(H,11,12)(H,13,14)/t6-,7+,8+,9-/m0/s1. The highest BCUT2D eigenvalue weighted by molar-refractivity contribution is 5.77. The number of amides is 1. The van der Waals surface area contributed by atoms with Crippen LogP contribution in [0.5, 0.6) is 0 Å². The SMILES string of the molecule is CC(=O)N[C@H]1[C@@H]2CC[C@@H](C2)[C@H]1C(=O)O. The minimum Gasteiger partial charge on any atom is -0.481 e. The topological polar surface area (TPSA) is 66.4 Å². The van der Waals surface area contributed by atoms with E-state index in [9.17, 15) is 9.59 Å². The smallest absolute Gasteiger partial charge is 0.308 e. The van der Waals surface area contributed by atoms with Gasteiger partial charge in [-0.15, -0.1) is 0 Å². The van der Waals surface area contributed by atoms with Gasteiger partial charge in [0.05, 0.1) is 5.92 Å². The number of nitrogens with one attached hydrogen (secondary N) is 1. The Morgan fingerprint density at radius 1 is 1.29 bits per heavy atom. The lowest BCUT2D eigenvalue weighted by molar-refractivity contribution is -0.144. The molecular formula is C10H15NO3. The Morgan fingerprint density at radius 2 is 1.93 bits per heavy atom. The van der Waals surface area contributed by atoms with Gasteiger partial charge in [-0.2, -0.15) is 0 Å². The molecule has 2 saturated carbocycles. The molecule has 2 rings (SSSR count). The second-order valence-electron chi connectivity index (χ2n) is 4.42. The molecule has 2 fully saturated rings. The number of carbonyl (C=O) groups excluding carboxylic acids is 1. The Kier molecular flexibility index (Phi) is 2.21. The summed E-state index contributed by atoms with van der Waals surface area (Å²) >= 11 is 0. The maximum absolute atomic E-state index is 11.0. The third-order valence-electron chi connectivity index (χ3n) is 3.57. The van der Waals surface area contributed by atoms with Gasteiger partial charge < -0.3 is 10.4 Å². The van der Waals surface area contributed by atoms with Crippen molar-refractivity contribution in [3.05, 3.63) is 0 Å². The van der Waals surface area contributed by atoms with Crippen LogP contribution in [0.15, 0.2) is 0 Å². The molecule has 4 heteroatoms. The Labute approximate surface area is 82.7 Å². The molecule has 0 heterocycles. The van der Waals surface area contributed by atoms with E-state index in [2.05, 4.69) is 5.32 Å². The second kappa shape index (κ2) is 3.26. The summed E-state index contributed by atoms with van der Waals surface area (Å²) in [5, 5.41) is 11.9. The number of rotatable bonds is 2. The summed E-state index contributed by atoms with van der Waals surface area (Å²) in [4.78, 5) is 22.0. The lowest BCUT2D eigenvalue weighted by Gasteiger charge is -2.28. The van der Waals surface area contributed by atoms with Gasteiger partial charge in [0.15, 0.2) is 0 Å². The molecule has 0 aromatic rings. The summed E-state index contributed by atoms with van der Waals surface area (Å²) in [6, 6.07) is -0.122. The monoisotopic (exact) mass is 197 g/mol. The highest BCUT2D eigenvalue weighted by Crippen LogP contribution is 2.48. The molecule has 0 unspecified atom stereocenters. The first kappa shape index (κ1) is 9.49. The number of carboxylic acids is 1. The third kappa shape index (κ3) is 1.38. The summed E-state index contributed by atoms with van der Waals surface area (Å²) in [6.07, 6.45) is 3.05. The van der Waals surface area contributed by atoms with Crippen molar-refractivity contribution in [2.45, 2.75) is 32.2 Å². The summed E-state index contributed by atoms with van der Waals surface area (Å²) in [6.45, 7) is 1.45. The fraction of sp³-hybridized carbons (Fsp3) is 0.800. The van der Waals surface area contributed by atoms with Gasteiger partial charge in [0.1, 0.15) is 0 Å². The lowest BCUT2D eigenvalue weighted by Crippen LogP contribution is -2.46. The van der Waals surface area contributed by atoms with Crippen molar-refractivity contribution in [2.75, 3.05) is 0 Å². The van der Waals surface area contributed by atoms with Crippen LogP contribution >= 0.6 is 0 Å². The van der Waals surface area contributed by atoms with E-state index in [4.69, 9.17) is 5.11 Å². The average molecular weight is 197 g/mol. The van der Waals surface area contributed by atoms with Crippen LogP contribution < -0.4 is 5.32 Å². The van der Waals surface area contributed by atoms with Crippen molar-refractivity contribution in [3.8, 4) is 0 Å². The predicted octanol–water partition coefficient (Wildman–Crippen LogP) is 0.622. The molecule has 14 heavy (non-hydrogen) atoms. The molecular weight excluding hydrogens is 182 g/mol. The van der Waals surface area contributed by atoms with Gasteiger partial charge in [0.25, 0.3) is 0 Å². The van der Waals surface area contributed by atoms with E-state index in [1.54, 1.807) is 0 Å². The molecule has 0 radical (unpaired) electrons. The van der Waals surface area contributed by atoms with E-state index in [0.29, 0.717) is 5.92 Å². The zero-order valence-corrected chi connectivity index (χ0v) is 8.19. The van der Waals surface area contributed by atoms with E-state index < -0.39 is 5.97 Å². The fourth-order valence-corrected chi connectivity index (χ4v) is 3.09. The zero-order valence-electron chi connectivity index (χ0n) is 8.19. The first-order chi connectivity index (χ1) is 6.59. The Bertz CT molecular complexity index is 277. The number of aliphatic carboxylic acids is 1. The molecule has 78 valence electrons. The van der Waals surface area contributed by atoms with Crippen LogP contribution in [-0.4, -0.2) is 23.0 Å². The van der Waals surface area contributed by atoms with Crippen molar-refractivity contribution in [3.63, 3.8) is 0 Å². The molecule has 4 atom stereocenters. The van der Waals surface area contributed by atoms with Crippen LogP contribution in [0.25, 0.3) is 0 Å². The van der Waals surface area contributed by atoms with Crippen LogP contribution in [0.2, 0.25) is 0 Å². The first-order valence-corrected chi connectivity index (χ1v) is 5.09. The zero-order chi connectivity index (χ0) is 10.3. The second-order valence-corrected chi connectivity index (χ2v) is 4.42. The van der Waals surface area contributed by atoms with E-state index >= 15 is 0 Å². The van der Waals surface area contributed by atoms with Gasteiger partial charge in [0.2, 0.25) is 5.91 Å². The molecule has 0 aromatic heterocycles. The van der Waals surface area contributed by atoms with Crippen LogP contribution in [0.4, 0.5) is 0 Å². The summed E-state index contributed by atoms with van der Waals surface area (Å²) in [5.74, 6) is -0.540. The average Bonchev–Trinajstić information content (AvgIpc) is 2.61. The van der Waals surface area contributed by atoms with Gasteiger partial charge in [-0.25, -0.2) is 0 Å². The van der Waals surface area contributed by atoms with Crippen molar-refractivity contribution in [1.29, 1.82) is 0 Å². The van der Waals surface area contributed by atoms with Crippen LogP contribution in [-0.2, 0) is 9.59 Å². The lowest BCUT2D eigenvalue weighted by atomic mass is 9.84. The molecule has 0 saturated heterocycles. The van der Waals surface area contributed by atoms with Crippen LogP contribution in [0, 0.1) is 17.8 Å². The quantitative estimate of drug-likeness (QED) is 0.682. The van der Waals surface area contributed by atoms with Gasteiger partial charge in [-0.1, -0.05) is 0 Å². The van der Waals surface area contributed by atoms with Crippen LogP contribution in [0.3, 0.4) is 0 Å². The molecule has 2 N–H and O–H groups in total. The van der Waals surface area contributed by atoms with Crippen molar-refractivity contribution >= 4 is 11.9 Å². The number of carboxylic acid groups (broad SMARTS) is 1. The highest BCUT2D eigenvalue weighted by atomic mass is 16.4. The molecule has 2 aliphatic carbocycles. The maximum Gasteiger partial charge on any atom is 0.308 e. The highest BCUT2D eigenvalue weighted by Gasteiger charge is 2.51. The molecule has 2 aliphatic rings. The normalized spacial score (nSPS) is 39.8. The fourth-order valence-electron chi connectivity index (χ4n) is 3.09. The van der Waals surface area contributed by atoms with Gasteiger partial charge in [0, 0.05) is 13.0 Å². The first-order valence-electron chi connectivity index (χ1n) is 5.09. The Morgan fingerprint density at radius 3 is 2.50 bits per heavy atom. The summed E-state index contributed by atoms with van der Waals surface area (Å²) < 4.78 is 0. The van der Waals surface area contributed by atoms with Crippen LogP contribution in [0.1, 0.15) is 26.2 Å². The molecule has 2 bridgehead atoms. The largest absolute Gasteiger partial charge is 0.481 e. The predicted molar refractivity (Wildman–Crippen MR) is 49.6 cm³/mol. The molecule has 0 aliphatic heterocycles.